The van der Waals surface area contributed by atoms with Gasteiger partial charge in [-0.1, -0.05) is 53.9 Å². The van der Waals surface area contributed by atoms with E-state index >= 15 is 0 Å². The standard InChI is InChI=1S/C31H42BrN3O6/c1-5-6-9-19-33-35-29(38)31(18-17-26(37)41-30(2,3)4)27(24-11-7-8-12-25(24)32)40-28(34-31)22-13-15-23(16-14-22)39-21-10-20-36/h7-8,11-16,27,33,36H,5-6,9-10,17-21H2,1-4H3,(H,35,38)/t27-,31-/m0/s1. The molecule has 0 bridgehead atoms. The molecule has 9 nitrogen and oxygen atoms in total. The van der Waals surface area contributed by atoms with Crippen LogP contribution in [0.1, 0.15) is 83.5 Å². The fourth-order valence-electron chi connectivity index (χ4n) is 4.43. The Morgan fingerprint density at radius 1 is 1.10 bits per heavy atom. The third kappa shape index (κ3) is 9.28. The van der Waals surface area contributed by atoms with Crippen molar-refractivity contribution >= 4 is 33.7 Å². The summed E-state index contributed by atoms with van der Waals surface area (Å²) < 4.78 is 18.5. The van der Waals surface area contributed by atoms with Crippen molar-refractivity contribution in [1.82, 2.24) is 10.9 Å². The van der Waals surface area contributed by atoms with E-state index in [1.165, 1.54) is 0 Å². The molecule has 10 heteroatoms. The lowest BCUT2D eigenvalue weighted by molar-refractivity contribution is -0.155. The number of aliphatic imine (C=N–C) groups is 1. The highest BCUT2D eigenvalue weighted by molar-refractivity contribution is 9.10. The largest absolute Gasteiger partial charge is 0.494 e. The Labute approximate surface area is 251 Å². The van der Waals surface area contributed by atoms with Crippen molar-refractivity contribution in [3.8, 4) is 5.75 Å². The van der Waals surface area contributed by atoms with Crippen molar-refractivity contribution in [2.24, 2.45) is 4.99 Å². The molecule has 0 aromatic heterocycles. The van der Waals surface area contributed by atoms with E-state index in [1.807, 2.05) is 57.2 Å². The Morgan fingerprint density at radius 2 is 1.83 bits per heavy atom. The number of halogens is 1. The molecule has 3 N–H and O–H groups in total. The molecule has 0 saturated carbocycles. The minimum absolute atomic E-state index is 0.0285. The first kappa shape index (κ1) is 32.6. The number of amides is 1. The number of esters is 1. The van der Waals surface area contributed by atoms with Crippen LogP contribution in [0.2, 0.25) is 0 Å². The van der Waals surface area contributed by atoms with Gasteiger partial charge in [0, 0.05) is 41.6 Å². The molecule has 0 saturated heterocycles. The number of aliphatic hydroxyl groups excluding tert-OH is 1. The normalized spacial score (nSPS) is 18.4. The van der Waals surface area contributed by atoms with Crippen molar-refractivity contribution in [3.63, 3.8) is 0 Å². The molecule has 0 radical (unpaired) electrons. The molecular weight excluding hydrogens is 590 g/mol. The van der Waals surface area contributed by atoms with Crippen LogP contribution < -0.4 is 15.6 Å². The number of ether oxygens (including phenoxy) is 3. The van der Waals surface area contributed by atoms with Crippen molar-refractivity contribution in [2.75, 3.05) is 19.8 Å². The zero-order valence-corrected chi connectivity index (χ0v) is 26.0. The first-order chi connectivity index (χ1) is 19.6. The highest BCUT2D eigenvalue weighted by Gasteiger charge is 2.54. The van der Waals surface area contributed by atoms with E-state index < -0.39 is 29.1 Å². The third-order valence-electron chi connectivity index (χ3n) is 6.46. The zero-order valence-electron chi connectivity index (χ0n) is 24.4. The summed E-state index contributed by atoms with van der Waals surface area (Å²) in [5.74, 6) is 0.128. The molecule has 1 aliphatic rings. The number of hydrazine groups is 1. The van der Waals surface area contributed by atoms with Gasteiger partial charge >= 0.3 is 5.97 Å². The second-order valence-electron chi connectivity index (χ2n) is 11.0. The number of benzene rings is 2. The Bertz CT molecular complexity index is 1180. The van der Waals surface area contributed by atoms with Gasteiger partial charge in [0.05, 0.1) is 6.61 Å². The van der Waals surface area contributed by atoms with Gasteiger partial charge in [0.25, 0.3) is 5.91 Å². The number of rotatable bonds is 15. The molecule has 0 fully saturated rings. The molecule has 2 atom stereocenters. The van der Waals surface area contributed by atoms with Gasteiger partial charge in [0.15, 0.2) is 11.6 Å². The summed E-state index contributed by atoms with van der Waals surface area (Å²) in [6.07, 6.45) is 2.78. The van der Waals surface area contributed by atoms with Crippen molar-refractivity contribution < 1.29 is 28.9 Å². The minimum atomic E-state index is -1.45. The van der Waals surface area contributed by atoms with Crippen LogP contribution in [0.3, 0.4) is 0 Å². The fourth-order valence-corrected chi connectivity index (χ4v) is 4.93. The number of carbonyl (C=O) groups excluding carboxylic acids is 2. The molecule has 1 amide bonds. The maximum absolute atomic E-state index is 14.0. The zero-order chi connectivity index (χ0) is 29.9. The fraction of sp³-hybridized carbons (Fsp3) is 0.516. The van der Waals surface area contributed by atoms with Crippen LogP contribution in [0.5, 0.6) is 5.75 Å². The van der Waals surface area contributed by atoms with E-state index in [0.29, 0.717) is 30.9 Å². The smallest absolute Gasteiger partial charge is 0.306 e. The van der Waals surface area contributed by atoms with Gasteiger partial charge in [0.2, 0.25) is 5.90 Å². The molecule has 0 unspecified atom stereocenters. The van der Waals surface area contributed by atoms with E-state index in [0.717, 1.165) is 29.3 Å². The van der Waals surface area contributed by atoms with Crippen molar-refractivity contribution in [2.45, 2.75) is 83.5 Å². The number of carbonyl (C=O) groups is 2. The highest BCUT2D eigenvalue weighted by atomic mass is 79.9. The maximum atomic E-state index is 14.0. The average Bonchev–Trinajstić information content (AvgIpc) is 3.32. The maximum Gasteiger partial charge on any atom is 0.306 e. The van der Waals surface area contributed by atoms with Crippen LogP contribution in [0.4, 0.5) is 0 Å². The molecule has 1 aliphatic heterocycles. The number of unbranched alkanes of at least 4 members (excludes halogenated alkanes) is 2. The quantitative estimate of drug-likeness (QED) is 0.137. The third-order valence-corrected chi connectivity index (χ3v) is 7.18. The molecule has 41 heavy (non-hydrogen) atoms. The van der Waals surface area contributed by atoms with Gasteiger partial charge in [-0.3, -0.25) is 15.0 Å². The van der Waals surface area contributed by atoms with Crippen LogP contribution in [0.25, 0.3) is 0 Å². The molecule has 0 spiro atoms. The predicted molar refractivity (Wildman–Crippen MR) is 162 cm³/mol. The summed E-state index contributed by atoms with van der Waals surface area (Å²) >= 11 is 3.62. The molecule has 224 valence electrons. The number of hydrogen-bond acceptors (Lipinski definition) is 8. The van der Waals surface area contributed by atoms with E-state index in [9.17, 15) is 9.59 Å². The van der Waals surface area contributed by atoms with Crippen LogP contribution >= 0.6 is 15.9 Å². The van der Waals surface area contributed by atoms with Crippen LogP contribution in [-0.4, -0.2) is 53.8 Å². The number of hydrogen-bond donors (Lipinski definition) is 3. The van der Waals surface area contributed by atoms with Gasteiger partial charge < -0.3 is 19.3 Å². The number of nitrogens with zero attached hydrogens (tertiary/aromatic N) is 1. The predicted octanol–water partition coefficient (Wildman–Crippen LogP) is 5.40. The Morgan fingerprint density at radius 3 is 2.49 bits per heavy atom. The van der Waals surface area contributed by atoms with Gasteiger partial charge in [0.1, 0.15) is 11.4 Å². The lowest BCUT2D eigenvalue weighted by atomic mass is 9.83. The van der Waals surface area contributed by atoms with Gasteiger partial charge in [-0.25, -0.2) is 10.4 Å². The summed E-state index contributed by atoms with van der Waals surface area (Å²) in [6.45, 7) is 8.61. The van der Waals surface area contributed by atoms with Crippen LogP contribution in [-0.2, 0) is 19.1 Å². The molecule has 0 aliphatic carbocycles. The minimum Gasteiger partial charge on any atom is -0.494 e. The molecular formula is C31H42BrN3O6. The van der Waals surface area contributed by atoms with E-state index in [2.05, 4.69) is 33.7 Å². The summed E-state index contributed by atoms with van der Waals surface area (Å²) in [6, 6.07) is 14.7. The Balaban J connectivity index is 1.99. The second-order valence-corrected chi connectivity index (χ2v) is 11.8. The summed E-state index contributed by atoms with van der Waals surface area (Å²) in [5.41, 5.74) is 5.17. The summed E-state index contributed by atoms with van der Waals surface area (Å²) in [7, 11) is 0. The average molecular weight is 633 g/mol. The molecule has 1 heterocycles. The first-order valence-corrected chi connectivity index (χ1v) is 15.0. The number of nitrogens with one attached hydrogen (secondary N) is 2. The molecule has 2 aromatic carbocycles. The van der Waals surface area contributed by atoms with E-state index in [1.54, 1.807) is 12.1 Å². The van der Waals surface area contributed by atoms with Gasteiger partial charge in [-0.05, 0) is 63.9 Å². The monoisotopic (exact) mass is 631 g/mol. The van der Waals surface area contributed by atoms with Crippen molar-refractivity contribution in [1.29, 1.82) is 0 Å². The topological polar surface area (TPSA) is 118 Å². The van der Waals surface area contributed by atoms with E-state index in [4.69, 9.17) is 24.3 Å². The molecule has 3 rings (SSSR count). The SMILES string of the molecule is CCCCCNNC(=O)[C@@]1(CCC(=O)OC(C)(C)C)N=C(c2ccc(OCCCO)cc2)O[C@H]1c1ccccc1Br. The summed E-state index contributed by atoms with van der Waals surface area (Å²) in [4.78, 5) is 31.7. The lowest BCUT2D eigenvalue weighted by Gasteiger charge is -2.31. The second kappa shape index (κ2) is 15.3. The van der Waals surface area contributed by atoms with E-state index in [-0.39, 0.29) is 25.3 Å². The van der Waals surface area contributed by atoms with Crippen molar-refractivity contribution in [3.05, 3.63) is 64.1 Å². The van der Waals surface area contributed by atoms with Gasteiger partial charge in [-0.2, -0.15) is 0 Å². The van der Waals surface area contributed by atoms with Crippen LogP contribution in [0, 0.1) is 0 Å². The lowest BCUT2D eigenvalue weighted by Crippen LogP contribution is -2.53. The Hall–Kier alpha value is -2.95. The van der Waals surface area contributed by atoms with Crippen LogP contribution in [0.15, 0.2) is 58.0 Å². The van der Waals surface area contributed by atoms with Gasteiger partial charge in [-0.15, -0.1) is 0 Å². The molecule has 2 aromatic rings. The highest BCUT2D eigenvalue weighted by Crippen LogP contribution is 2.45. The first-order valence-electron chi connectivity index (χ1n) is 14.2. The summed E-state index contributed by atoms with van der Waals surface area (Å²) in [5, 5.41) is 9.01. The Kier molecular flexibility index (Phi) is 12.2. The number of aliphatic hydroxyl groups is 1.